The molecule has 160 valence electrons. The highest BCUT2D eigenvalue weighted by atomic mass is 32.1. The predicted molar refractivity (Wildman–Crippen MR) is 118 cm³/mol. The minimum atomic E-state index is -0.275. The van der Waals surface area contributed by atoms with Crippen LogP contribution in [0.1, 0.15) is 64.8 Å². The van der Waals surface area contributed by atoms with Crippen molar-refractivity contribution in [2.75, 3.05) is 0 Å². The van der Waals surface area contributed by atoms with Gasteiger partial charge in [0.25, 0.3) is 11.6 Å². The Bertz CT molecular complexity index is 1270. The van der Waals surface area contributed by atoms with Crippen LogP contribution >= 0.6 is 11.3 Å². The van der Waals surface area contributed by atoms with Crippen LogP contribution in [-0.2, 0) is 13.0 Å². The van der Waals surface area contributed by atoms with E-state index >= 15 is 0 Å². The van der Waals surface area contributed by atoms with Crippen molar-refractivity contribution in [2.24, 2.45) is 0 Å². The Morgan fingerprint density at radius 2 is 2.10 bits per heavy atom. The summed E-state index contributed by atoms with van der Waals surface area (Å²) in [6, 6.07) is 5.59. The first-order valence-electron chi connectivity index (χ1n) is 10.6. The molecule has 1 amide bonds. The topological polar surface area (TPSA) is 98.7 Å². The van der Waals surface area contributed by atoms with Gasteiger partial charge < -0.3 is 14.4 Å². The summed E-state index contributed by atoms with van der Waals surface area (Å²) in [5.41, 5.74) is 2.23. The fourth-order valence-corrected chi connectivity index (χ4v) is 4.97. The number of fused-ring (bicyclic) bond motifs is 2. The molecule has 1 aliphatic heterocycles. The lowest BCUT2D eigenvalue weighted by Crippen LogP contribution is -2.29. The number of thiophene rings is 1. The summed E-state index contributed by atoms with van der Waals surface area (Å²) in [7, 11) is 0. The van der Waals surface area contributed by atoms with Crippen LogP contribution in [0.2, 0.25) is 0 Å². The monoisotopic (exact) mass is 436 g/mol. The second-order valence-electron chi connectivity index (χ2n) is 8.05. The van der Waals surface area contributed by atoms with Crippen molar-refractivity contribution < 1.29 is 9.32 Å². The number of aryl methyl sites for hydroxylation is 3. The van der Waals surface area contributed by atoms with Crippen molar-refractivity contribution in [3.63, 3.8) is 0 Å². The summed E-state index contributed by atoms with van der Waals surface area (Å²) >= 11 is 1.63. The molecule has 1 aliphatic rings. The summed E-state index contributed by atoms with van der Waals surface area (Å²) in [6.07, 6.45) is 4.36. The number of nitrogens with one attached hydrogen (secondary N) is 1. The molecule has 4 aromatic heterocycles. The van der Waals surface area contributed by atoms with Crippen molar-refractivity contribution in [3.05, 3.63) is 46.0 Å². The van der Waals surface area contributed by atoms with Gasteiger partial charge in [0.15, 0.2) is 5.82 Å². The molecule has 4 aromatic rings. The van der Waals surface area contributed by atoms with Gasteiger partial charge in [0.1, 0.15) is 5.82 Å². The van der Waals surface area contributed by atoms with Crippen molar-refractivity contribution >= 4 is 28.3 Å². The highest BCUT2D eigenvalue weighted by molar-refractivity contribution is 7.15. The Hall–Kier alpha value is -3.07. The molecular formula is C22H24N6O2S. The largest absolute Gasteiger partial charge is 0.342 e. The molecule has 0 aromatic carbocycles. The maximum atomic E-state index is 13.4. The van der Waals surface area contributed by atoms with Gasteiger partial charge in [-0.2, -0.15) is 0 Å². The summed E-state index contributed by atoms with van der Waals surface area (Å²) in [6.45, 7) is 6.70. The predicted octanol–water partition coefficient (Wildman–Crippen LogP) is 4.38. The molecule has 1 atom stereocenters. The Labute approximate surface area is 183 Å². The zero-order chi connectivity index (χ0) is 21.5. The van der Waals surface area contributed by atoms with Crippen LogP contribution in [-0.4, -0.2) is 30.8 Å². The minimum absolute atomic E-state index is 0.202. The second kappa shape index (κ2) is 7.88. The molecule has 0 fully saturated rings. The van der Waals surface area contributed by atoms with E-state index in [0.29, 0.717) is 28.1 Å². The first kappa shape index (κ1) is 19.9. The molecule has 5 heterocycles. The molecule has 0 spiro atoms. The lowest BCUT2D eigenvalue weighted by Gasteiger charge is -2.16. The number of pyridine rings is 1. The van der Waals surface area contributed by atoms with Crippen molar-refractivity contribution in [3.8, 4) is 10.6 Å². The second-order valence-corrected chi connectivity index (χ2v) is 9.33. The molecule has 0 saturated carbocycles. The molecule has 0 bridgehead atoms. The average molecular weight is 437 g/mol. The third-order valence-electron chi connectivity index (χ3n) is 5.73. The number of amides is 1. The summed E-state index contributed by atoms with van der Waals surface area (Å²) in [5.74, 6) is 1.60. The number of carbonyl (C=O) groups excluding carboxylic acids is 1. The van der Waals surface area contributed by atoms with E-state index in [9.17, 15) is 4.79 Å². The molecule has 31 heavy (non-hydrogen) atoms. The van der Waals surface area contributed by atoms with Crippen LogP contribution in [0.25, 0.3) is 21.7 Å². The Morgan fingerprint density at radius 1 is 1.23 bits per heavy atom. The third kappa shape index (κ3) is 3.63. The maximum absolute atomic E-state index is 13.4. The molecule has 0 saturated heterocycles. The first-order valence-corrected chi connectivity index (χ1v) is 11.4. The van der Waals surface area contributed by atoms with Crippen LogP contribution < -0.4 is 5.32 Å². The van der Waals surface area contributed by atoms with Crippen LogP contribution in [0.3, 0.4) is 0 Å². The van der Waals surface area contributed by atoms with Gasteiger partial charge in [-0.3, -0.25) is 4.79 Å². The van der Waals surface area contributed by atoms with Crippen molar-refractivity contribution in [1.82, 2.24) is 30.2 Å². The maximum Gasteiger partial charge on any atom is 0.259 e. The van der Waals surface area contributed by atoms with E-state index in [4.69, 9.17) is 4.52 Å². The first-order chi connectivity index (χ1) is 15.0. The molecular weight excluding hydrogens is 412 g/mol. The number of rotatable bonds is 4. The molecule has 1 unspecified atom stereocenters. The van der Waals surface area contributed by atoms with E-state index in [2.05, 4.69) is 30.2 Å². The summed E-state index contributed by atoms with van der Waals surface area (Å²) < 4.78 is 7.57. The zero-order valence-electron chi connectivity index (χ0n) is 17.8. The summed E-state index contributed by atoms with van der Waals surface area (Å²) in [5, 5.41) is 16.5. The third-order valence-corrected chi connectivity index (χ3v) is 6.75. The lowest BCUT2D eigenvalue weighted by molar-refractivity contribution is 0.0939. The molecule has 5 rings (SSSR count). The fraction of sp³-hybridized carbons (Fsp3) is 0.409. The van der Waals surface area contributed by atoms with Crippen LogP contribution in [0, 0.1) is 13.8 Å². The highest BCUT2D eigenvalue weighted by Gasteiger charge is 2.24. The van der Waals surface area contributed by atoms with Gasteiger partial charge in [0, 0.05) is 17.8 Å². The minimum Gasteiger partial charge on any atom is -0.342 e. The lowest BCUT2D eigenvalue weighted by atomic mass is 10.1. The quantitative estimate of drug-likeness (QED) is 0.510. The summed E-state index contributed by atoms with van der Waals surface area (Å²) in [4.78, 5) is 20.1. The Morgan fingerprint density at radius 3 is 2.90 bits per heavy atom. The molecule has 0 aliphatic carbocycles. The van der Waals surface area contributed by atoms with E-state index in [1.54, 1.807) is 11.3 Å². The average Bonchev–Trinajstić information content (AvgIpc) is 3.42. The number of carbonyl (C=O) groups is 1. The van der Waals surface area contributed by atoms with Gasteiger partial charge in [0.05, 0.1) is 33.3 Å². The standard InChI is InChI=1S/C22H24N6O2S/c1-12-8-9-17(31-12)16-11-15(19-13(2)27-30-22(19)24-16)21(29)23-14(3)20-26-25-18-7-5-4-6-10-28(18)20/h8-9,11,14H,4-7,10H2,1-3H3,(H,23,29). The molecule has 9 heteroatoms. The van der Waals surface area contributed by atoms with Gasteiger partial charge in [-0.1, -0.05) is 11.6 Å². The van der Waals surface area contributed by atoms with Gasteiger partial charge in [0.2, 0.25) is 0 Å². The molecule has 8 nitrogen and oxygen atoms in total. The van der Waals surface area contributed by atoms with E-state index in [0.717, 1.165) is 42.3 Å². The van der Waals surface area contributed by atoms with Crippen LogP contribution in [0.15, 0.2) is 22.7 Å². The SMILES string of the molecule is Cc1ccc(-c2cc(C(=O)NC(C)c3nnc4n3CCCCC4)c3c(C)noc3n2)s1. The van der Waals surface area contributed by atoms with Crippen LogP contribution in [0.5, 0.6) is 0 Å². The molecule has 0 radical (unpaired) electrons. The number of hydrogen-bond acceptors (Lipinski definition) is 7. The fourth-order valence-electron chi connectivity index (χ4n) is 4.14. The normalized spacial score (nSPS) is 14.9. The number of nitrogens with zero attached hydrogens (tertiary/aromatic N) is 5. The molecule has 1 N–H and O–H groups in total. The van der Waals surface area contributed by atoms with E-state index in [1.165, 1.54) is 11.3 Å². The van der Waals surface area contributed by atoms with Crippen molar-refractivity contribution in [1.29, 1.82) is 0 Å². The van der Waals surface area contributed by atoms with Gasteiger partial charge in [-0.15, -0.1) is 21.5 Å². The van der Waals surface area contributed by atoms with Gasteiger partial charge in [-0.25, -0.2) is 4.98 Å². The van der Waals surface area contributed by atoms with E-state index in [-0.39, 0.29) is 11.9 Å². The van der Waals surface area contributed by atoms with E-state index in [1.807, 2.05) is 39.0 Å². The smallest absolute Gasteiger partial charge is 0.259 e. The Kier molecular flexibility index (Phi) is 5.05. The Balaban J connectivity index is 1.49. The van der Waals surface area contributed by atoms with Gasteiger partial charge >= 0.3 is 0 Å². The number of aromatic nitrogens is 5. The van der Waals surface area contributed by atoms with Crippen molar-refractivity contribution in [2.45, 2.75) is 59.0 Å². The van der Waals surface area contributed by atoms with Gasteiger partial charge in [-0.05, 0) is 51.8 Å². The van der Waals surface area contributed by atoms with Crippen LogP contribution in [0.4, 0.5) is 0 Å². The van der Waals surface area contributed by atoms with E-state index < -0.39 is 0 Å². The highest BCUT2D eigenvalue weighted by Crippen LogP contribution is 2.31. The number of hydrogen-bond donors (Lipinski definition) is 1. The zero-order valence-corrected chi connectivity index (χ0v) is 18.6.